The van der Waals surface area contributed by atoms with Gasteiger partial charge >= 0.3 is 0 Å². The molecule has 2 unspecified atom stereocenters. The number of rotatable bonds is 8. The van der Waals surface area contributed by atoms with E-state index in [0.29, 0.717) is 6.54 Å². The molecule has 1 fully saturated rings. The number of carbonyl (C=O) groups excluding carboxylic acids is 1. The monoisotopic (exact) mass is 321 g/mol. The number of amides is 1. The fraction of sp³-hybridized carbons (Fsp3) is 0.722. The molecule has 0 saturated carbocycles. The van der Waals surface area contributed by atoms with Gasteiger partial charge in [-0.2, -0.15) is 0 Å². The third-order valence-electron chi connectivity index (χ3n) is 4.68. The van der Waals surface area contributed by atoms with Crippen molar-refractivity contribution in [3.8, 4) is 0 Å². The van der Waals surface area contributed by atoms with Gasteiger partial charge in [-0.3, -0.25) is 14.6 Å². The van der Waals surface area contributed by atoms with E-state index in [-0.39, 0.29) is 18.0 Å². The van der Waals surface area contributed by atoms with Crippen molar-refractivity contribution in [1.82, 2.24) is 15.1 Å². The molecular weight excluding hydrogens is 290 g/mol. The standard InChI is InChI=1S/C18H31N3O2/c1-4-5-11-21-12-7-6-9-15(21)18(22)19-14-16(20(2)3)17-10-8-13-23-17/h8,10,13,15-16H,4-7,9,11-12,14H2,1-3H3,(H,19,22). The zero-order chi connectivity index (χ0) is 16.7. The lowest BCUT2D eigenvalue weighted by molar-refractivity contribution is -0.127. The van der Waals surface area contributed by atoms with Crippen LogP contribution in [0.5, 0.6) is 0 Å². The Bertz CT molecular complexity index is 459. The number of hydrogen-bond donors (Lipinski definition) is 1. The van der Waals surface area contributed by atoms with Crippen LogP contribution in [0.15, 0.2) is 22.8 Å². The molecule has 0 aromatic carbocycles. The lowest BCUT2D eigenvalue weighted by atomic mass is 10.0. The predicted molar refractivity (Wildman–Crippen MR) is 92.3 cm³/mol. The highest BCUT2D eigenvalue weighted by Crippen LogP contribution is 2.20. The van der Waals surface area contributed by atoms with E-state index < -0.39 is 0 Å². The Morgan fingerprint density at radius 1 is 1.48 bits per heavy atom. The molecule has 0 radical (unpaired) electrons. The van der Waals surface area contributed by atoms with Crippen molar-refractivity contribution in [1.29, 1.82) is 0 Å². The highest BCUT2D eigenvalue weighted by molar-refractivity contribution is 5.81. The summed E-state index contributed by atoms with van der Waals surface area (Å²) in [4.78, 5) is 17.1. The van der Waals surface area contributed by atoms with E-state index >= 15 is 0 Å². The van der Waals surface area contributed by atoms with Crippen molar-refractivity contribution >= 4 is 5.91 Å². The van der Waals surface area contributed by atoms with Crippen molar-refractivity contribution in [3.63, 3.8) is 0 Å². The average molecular weight is 321 g/mol. The summed E-state index contributed by atoms with van der Waals surface area (Å²) in [6.07, 6.45) is 7.35. The molecule has 0 bridgehead atoms. The van der Waals surface area contributed by atoms with Crippen LogP contribution in [0.2, 0.25) is 0 Å². The van der Waals surface area contributed by atoms with E-state index in [2.05, 4.69) is 22.0 Å². The molecule has 2 rings (SSSR count). The van der Waals surface area contributed by atoms with Gasteiger partial charge in [-0.05, 0) is 58.6 Å². The Morgan fingerprint density at radius 2 is 2.30 bits per heavy atom. The fourth-order valence-electron chi connectivity index (χ4n) is 3.25. The van der Waals surface area contributed by atoms with Gasteiger partial charge in [-0.25, -0.2) is 0 Å². The third kappa shape index (κ3) is 5.08. The second kappa shape index (κ2) is 9.08. The Hall–Kier alpha value is -1.33. The molecule has 0 spiro atoms. The van der Waals surface area contributed by atoms with Gasteiger partial charge in [0.25, 0.3) is 0 Å². The van der Waals surface area contributed by atoms with E-state index in [9.17, 15) is 4.79 Å². The predicted octanol–water partition coefficient (Wildman–Crippen LogP) is 2.65. The second-order valence-electron chi connectivity index (χ2n) is 6.64. The number of carbonyl (C=O) groups is 1. The largest absolute Gasteiger partial charge is 0.468 e. The van der Waals surface area contributed by atoms with Crippen LogP contribution >= 0.6 is 0 Å². The van der Waals surface area contributed by atoms with Gasteiger partial charge in [-0.15, -0.1) is 0 Å². The molecule has 1 saturated heterocycles. The van der Waals surface area contributed by atoms with Gasteiger partial charge in [0, 0.05) is 6.54 Å². The van der Waals surface area contributed by atoms with Gasteiger partial charge in [0.1, 0.15) is 5.76 Å². The summed E-state index contributed by atoms with van der Waals surface area (Å²) in [6, 6.07) is 3.96. The summed E-state index contributed by atoms with van der Waals surface area (Å²) in [5.41, 5.74) is 0. The SMILES string of the molecule is CCCCN1CCCCC1C(=O)NCC(c1ccco1)N(C)C. The molecule has 5 nitrogen and oxygen atoms in total. The summed E-state index contributed by atoms with van der Waals surface area (Å²) < 4.78 is 5.51. The number of unbranched alkanes of at least 4 members (excludes halogenated alkanes) is 1. The molecule has 1 aliphatic rings. The Kier molecular flexibility index (Phi) is 7.12. The number of furan rings is 1. The molecule has 1 aromatic heterocycles. The molecular formula is C18H31N3O2. The lowest BCUT2D eigenvalue weighted by Gasteiger charge is -2.35. The van der Waals surface area contributed by atoms with Crippen molar-refractivity contribution in [2.45, 2.75) is 51.1 Å². The Morgan fingerprint density at radius 3 is 2.96 bits per heavy atom. The van der Waals surface area contributed by atoms with Crippen molar-refractivity contribution in [2.24, 2.45) is 0 Å². The van der Waals surface area contributed by atoms with Gasteiger partial charge in [0.05, 0.1) is 18.3 Å². The van der Waals surface area contributed by atoms with Crippen molar-refractivity contribution in [3.05, 3.63) is 24.2 Å². The number of likely N-dealkylation sites (tertiary alicyclic amines) is 1. The van der Waals surface area contributed by atoms with Gasteiger partial charge < -0.3 is 9.73 Å². The third-order valence-corrected chi connectivity index (χ3v) is 4.68. The summed E-state index contributed by atoms with van der Waals surface area (Å²) in [5.74, 6) is 1.06. The molecule has 2 heterocycles. The maximum atomic E-state index is 12.7. The maximum absolute atomic E-state index is 12.7. The average Bonchev–Trinajstić information content (AvgIpc) is 3.07. The number of nitrogens with zero attached hydrogens (tertiary/aromatic N) is 2. The summed E-state index contributed by atoms with van der Waals surface area (Å²) in [5, 5.41) is 3.15. The van der Waals surface area contributed by atoms with Crippen LogP contribution in [0.3, 0.4) is 0 Å². The minimum Gasteiger partial charge on any atom is -0.468 e. The fourth-order valence-corrected chi connectivity index (χ4v) is 3.25. The van der Waals surface area contributed by atoms with Gasteiger partial charge in [0.2, 0.25) is 5.91 Å². The molecule has 1 aliphatic heterocycles. The van der Waals surface area contributed by atoms with E-state index in [1.54, 1.807) is 6.26 Å². The highest BCUT2D eigenvalue weighted by atomic mass is 16.3. The normalized spacial score (nSPS) is 20.6. The lowest BCUT2D eigenvalue weighted by Crippen LogP contribution is -2.50. The van der Waals surface area contributed by atoms with Crippen LogP contribution in [0.4, 0.5) is 0 Å². The van der Waals surface area contributed by atoms with Crippen LogP contribution in [0, 0.1) is 0 Å². The van der Waals surface area contributed by atoms with Gasteiger partial charge in [-0.1, -0.05) is 19.8 Å². The summed E-state index contributed by atoms with van der Waals surface area (Å²) in [6.45, 7) is 4.86. The Labute approximate surface area is 140 Å². The van der Waals surface area contributed by atoms with Crippen LogP contribution in [-0.4, -0.2) is 55.5 Å². The first-order valence-corrected chi connectivity index (χ1v) is 8.85. The molecule has 0 aliphatic carbocycles. The van der Waals surface area contributed by atoms with Crippen LogP contribution in [0.25, 0.3) is 0 Å². The Balaban J connectivity index is 1.91. The van der Waals surface area contributed by atoms with Gasteiger partial charge in [0.15, 0.2) is 0 Å². The topological polar surface area (TPSA) is 48.7 Å². The zero-order valence-electron chi connectivity index (χ0n) is 14.8. The molecule has 5 heteroatoms. The van der Waals surface area contributed by atoms with E-state index in [1.165, 1.54) is 12.8 Å². The molecule has 2 atom stereocenters. The van der Waals surface area contributed by atoms with E-state index in [4.69, 9.17) is 4.42 Å². The first-order chi connectivity index (χ1) is 11.1. The first-order valence-electron chi connectivity index (χ1n) is 8.85. The number of likely N-dealkylation sites (N-methyl/N-ethyl adjacent to an activating group) is 1. The first kappa shape index (κ1) is 18.0. The van der Waals surface area contributed by atoms with Crippen LogP contribution in [0.1, 0.15) is 50.8 Å². The minimum absolute atomic E-state index is 0.0368. The molecule has 1 aromatic rings. The number of piperidine rings is 1. The second-order valence-corrected chi connectivity index (χ2v) is 6.64. The van der Waals surface area contributed by atoms with E-state index in [1.807, 2.05) is 26.2 Å². The zero-order valence-corrected chi connectivity index (χ0v) is 14.8. The maximum Gasteiger partial charge on any atom is 0.237 e. The van der Waals surface area contributed by atoms with E-state index in [0.717, 1.165) is 38.1 Å². The van der Waals surface area contributed by atoms with Crippen molar-refractivity contribution in [2.75, 3.05) is 33.7 Å². The smallest absolute Gasteiger partial charge is 0.237 e. The molecule has 130 valence electrons. The minimum atomic E-state index is 0.0368. The highest BCUT2D eigenvalue weighted by Gasteiger charge is 2.29. The van der Waals surface area contributed by atoms with Crippen LogP contribution in [-0.2, 0) is 4.79 Å². The molecule has 1 N–H and O–H groups in total. The number of hydrogen-bond acceptors (Lipinski definition) is 4. The molecule has 23 heavy (non-hydrogen) atoms. The number of nitrogens with one attached hydrogen (secondary N) is 1. The quantitative estimate of drug-likeness (QED) is 0.800. The van der Waals surface area contributed by atoms with Crippen LogP contribution < -0.4 is 5.32 Å². The summed E-state index contributed by atoms with van der Waals surface area (Å²) in [7, 11) is 4.01. The summed E-state index contributed by atoms with van der Waals surface area (Å²) >= 11 is 0. The molecule has 1 amide bonds. The van der Waals surface area contributed by atoms with Crippen molar-refractivity contribution < 1.29 is 9.21 Å².